The molecule has 0 saturated carbocycles. The molecule has 0 fully saturated rings. The number of aryl methyl sites for hydroxylation is 2. The average molecular weight is 291 g/mol. The second-order valence-electron chi connectivity index (χ2n) is 5.04. The van der Waals surface area contributed by atoms with Gasteiger partial charge in [0, 0.05) is 30.3 Å². The van der Waals surface area contributed by atoms with E-state index >= 15 is 0 Å². The molecule has 1 N–H and O–H groups in total. The van der Waals surface area contributed by atoms with E-state index in [1.807, 2.05) is 20.8 Å². The van der Waals surface area contributed by atoms with E-state index in [1.54, 1.807) is 4.68 Å². The molecule has 1 aromatic rings. The summed E-state index contributed by atoms with van der Waals surface area (Å²) in [6, 6.07) is 0.219. The molecule has 0 bridgehead atoms. The van der Waals surface area contributed by atoms with Gasteiger partial charge in [-0.15, -0.1) is 0 Å². The van der Waals surface area contributed by atoms with E-state index in [9.17, 15) is 13.2 Å². The van der Waals surface area contributed by atoms with Crippen LogP contribution in [-0.4, -0.2) is 22.5 Å². The maximum atomic E-state index is 12.2. The molecule has 116 valence electrons. The van der Waals surface area contributed by atoms with Gasteiger partial charge in [-0.05, 0) is 33.2 Å². The van der Waals surface area contributed by atoms with Crippen molar-refractivity contribution in [2.75, 3.05) is 6.54 Å². The van der Waals surface area contributed by atoms with Gasteiger partial charge in [-0.1, -0.05) is 13.8 Å². The fourth-order valence-corrected chi connectivity index (χ4v) is 2.56. The van der Waals surface area contributed by atoms with Crippen molar-refractivity contribution in [3.63, 3.8) is 0 Å². The number of nitrogens with one attached hydrogen (secondary N) is 1. The van der Waals surface area contributed by atoms with Crippen molar-refractivity contribution < 1.29 is 13.2 Å². The lowest BCUT2D eigenvalue weighted by Crippen LogP contribution is -2.21. The van der Waals surface area contributed by atoms with Crippen molar-refractivity contribution in [1.82, 2.24) is 15.1 Å². The highest BCUT2D eigenvalue weighted by molar-refractivity contribution is 5.28. The van der Waals surface area contributed by atoms with E-state index in [-0.39, 0.29) is 12.5 Å². The summed E-state index contributed by atoms with van der Waals surface area (Å²) in [5, 5.41) is 7.78. The molecule has 0 radical (unpaired) electrons. The molecule has 1 heterocycles. The minimum absolute atomic E-state index is 0.0723. The number of aromatic nitrogens is 2. The van der Waals surface area contributed by atoms with Gasteiger partial charge in [0.05, 0.1) is 5.69 Å². The van der Waals surface area contributed by atoms with E-state index in [2.05, 4.69) is 17.3 Å². The zero-order valence-electron chi connectivity index (χ0n) is 12.6. The molecular weight excluding hydrogens is 267 g/mol. The van der Waals surface area contributed by atoms with Crippen LogP contribution in [0.4, 0.5) is 13.2 Å². The van der Waals surface area contributed by atoms with Crippen LogP contribution in [0.2, 0.25) is 0 Å². The molecule has 1 atom stereocenters. The molecule has 6 heteroatoms. The van der Waals surface area contributed by atoms with E-state index in [4.69, 9.17) is 0 Å². The van der Waals surface area contributed by atoms with Crippen molar-refractivity contribution >= 4 is 0 Å². The van der Waals surface area contributed by atoms with Crippen LogP contribution in [0.15, 0.2) is 0 Å². The Kier molecular flexibility index (Phi) is 6.05. The summed E-state index contributed by atoms with van der Waals surface area (Å²) in [6.07, 6.45) is -3.84. The Morgan fingerprint density at radius 3 is 2.40 bits per heavy atom. The topological polar surface area (TPSA) is 29.9 Å². The summed E-state index contributed by atoms with van der Waals surface area (Å²) >= 11 is 0. The molecule has 1 rings (SSSR count). The SMILES string of the molecule is CCNC(CC)c1c(C)nn(CCCC(F)(F)F)c1C. The molecular formula is C14H24F3N3. The standard InChI is InChI=1S/C14H24F3N3/c1-5-12(18-6-2)13-10(3)19-20(11(13)4)9-7-8-14(15,16)17/h12,18H,5-9H2,1-4H3. The predicted molar refractivity (Wildman–Crippen MR) is 73.7 cm³/mol. The van der Waals surface area contributed by atoms with Crippen LogP contribution in [0.5, 0.6) is 0 Å². The average Bonchev–Trinajstić information content (AvgIpc) is 2.61. The highest BCUT2D eigenvalue weighted by Gasteiger charge is 2.26. The number of rotatable bonds is 7. The number of hydrogen-bond acceptors (Lipinski definition) is 2. The van der Waals surface area contributed by atoms with Gasteiger partial charge in [-0.2, -0.15) is 18.3 Å². The first-order valence-electron chi connectivity index (χ1n) is 7.14. The van der Waals surface area contributed by atoms with Crippen LogP contribution in [0.1, 0.15) is 56.1 Å². The van der Waals surface area contributed by atoms with E-state index < -0.39 is 12.6 Å². The first kappa shape index (κ1) is 17.0. The smallest absolute Gasteiger partial charge is 0.310 e. The Balaban J connectivity index is 2.80. The maximum Gasteiger partial charge on any atom is 0.389 e. The Morgan fingerprint density at radius 2 is 1.90 bits per heavy atom. The quantitative estimate of drug-likeness (QED) is 0.825. The number of alkyl halides is 3. The lowest BCUT2D eigenvalue weighted by atomic mass is 10.0. The molecule has 0 aliphatic rings. The lowest BCUT2D eigenvalue weighted by Gasteiger charge is -2.17. The molecule has 0 aromatic carbocycles. The van der Waals surface area contributed by atoms with Crippen molar-refractivity contribution in [3.05, 3.63) is 17.0 Å². The van der Waals surface area contributed by atoms with E-state index in [1.165, 1.54) is 0 Å². The molecule has 20 heavy (non-hydrogen) atoms. The first-order chi connectivity index (χ1) is 9.30. The third-order valence-electron chi connectivity index (χ3n) is 3.47. The zero-order chi connectivity index (χ0) is 15.3. The van der Waals surface area contributed by atoms with E-state index in [0.29, 0.717) is 6.54 Å². The Labute approximate surface area is 118 Å². The minimum Gasteiger partial charge on any atom is -0.310 e. The maximum absolute atomic E-state index is 12.2. The van der Waals surface area contributed by atoms with Crippen LogP contribution in [0.3, 0.4) is 0 Å². The highest BCUT2D eigenvalue weighted by atomic mass is 19.4. The van der Waals surface area contributed by atoms with Gasteiger partial charge in [0.25, 0.3) is 0 Å². The van der Waals surface area contributed by atoms with Crippen molar-refractivity contribution in [3.8, 4) is 0 Å². The third-order valence-corrected chi connectivity index (χ3v) is 3.47. The van der Waals surface area contributed by atoms with Gasteiger partial charge >= 0.3 is 6.18 Å². The lowest BCUT2D eigenvalue weighted by molar-refractivity contribution is -0.136. The molecule has 1 unspecified atom stereocenters. The molecule has 1 aromatic heterocycles. The van der Waals surface area contributed by atoms with Gasteiger partial charge in [-0.3, -0.25) is 4.68 Å². The van der Waals surface area contributed by atoms with Crippen LogP contribution in [-0.2, 0) is 6.54 Å². The summed E-state index contributed by atoms with van der Waals surface area (Å²) in [6.45, 7) is 9.16. The fourth-order valence-electron chi connectivity index (χ4n) is 2.56. The predicted octanol–water partition coefficient (Wildman–Crippen LogP) is 3.90. The molecule has 0 amide bonds. The molecule has 0 aliphatic carbocycles. The van der Waals surface area contributed by atoms with Gasteiger partial charge < -0.3 is 5.32 Å². The second kappa shape index (κ2) is 7.11. The largest absolute Gasteiger partial charge is 0.389 e. The Morgan fingerprint density at radius 1 is 1.25 bits per heavy atom. The molecule has 0 aliphatic heterocycles. The zero-order valence-corrected chi connectivity index (χ0v) is 12.6. The van der Waals surface area contributed by atoms with Crippen LogP contribution < -0.4 is 5.32 Å². The summed E-state index contributed by atoms with van der Waals surface area (Å²) in [5.41, 5.74) is 3.00. The van der Waals surface area contributed by atoms with Gasteiger partial charge in [0.1, 0.15) is 0 Å². The number of hydrogen-bond donors (Lipinski definition) is 1. The van der Waals surface area contributed by atoms with Crippen LogP contribution in [0, 0.1) is 13.8 Å². The number of nitrogens with zero attached hydrogens (tertiary/aromatic N) is 2. The Hall–Kier alpha value is -1.04. The summed E-state index contributed by atoms with van der Waals surface area (Å²) in [4.78, 5) is 0. The number of halogens is 3. The van der Waals surface area contributed by atoms with Crippen molar-refractivity contribution in [1.29, 1.82) is 0 Å². The minimum atomic E-state index is -4.09. The highest BCUT2D eigenvalue weighted by Crippen LogP contribution is 2.26. The van der Waals surface area contributed by atoms with E-state index in [0.717, 1.165) is 29.9 Å². The van der Waals surface area contributed by atoms with Gasteiger partial charge in [-0.25, -0.2) is 0 Å². The normalized spacial score (nSPS) is 13.8. The monoisotopic (exact) mass is 291 g/mol. The second-order valence-corrected chi connectivity index (χ2v) is 5.04. The fraction of sp³-hybridized carbons (Fsp3) is 0.786. The van der Waals surface area contributed by atoms with Crippen LogP contribution >= 0.6 is 0 Å². The van der Waals surface area contributed by atoms with Crippen molar-refractivity contribution in [2.45, 2.75) is 65.7 Å². The van der Waals surface area contributed by atoms with Gasteiger partial charge in [0.15, 0.2) is 0 Å². The summed E-state index contributed by atoms with van der Waals surface area (Å²) < 4.78 is 38.3. The summed E-state index contributed by atoms with van der Waals surface area (Å²) in [7, 11) is 0. The van der Waals surface area contributed by atoms with Crippen molar-refractivity contribution in [2.24, 2.45) is 0 Å². The molecule has 0 spiro atoms. The molecule has 3 nitrogen and oxygen atoms in total. The Bertz CT molecular complexity index is 424. The molecule has 0 saturated heterocycles. The van der Waals surface area contributed by atoms with Gasteiger partial charge in [0.2, 0.25) is 0 Å². The first-order valence-corrected chi connectivity index (χ1v) is 7.14. The summed E-state index contributed by atoms with van der Waals surface area (Å²) in [5.74, 6) is 0. The van der Waals surface area contributed by atoms with Crippen LogP contribution in [0.25, 0.3) is 0 Å². The third kappa shape index (κ3) is 4.51.